The van der Waals surface area contributed by atoms with Crippen LogP contribution in [0.15, 0.2) is 49.2 Å². The van der Waals surface area contributed by atoms with E-state index in [-0.39, 0.29) is 40.7 Å². The Kier molecular flexibility index (Phi) is 6.53. The van der Waals surface area contributed by atoms with Crippen molar-refractivity contribution in [2.75, 3.05) is 26.2 Å². The molecule has 0 bridgehead atoms. The Morgan fingerprint density at radius 1 is 1.14 bits per heavy atom. The Hall–Kier alpha value is -2.94. The third-order valence-electron chi connectivity index (χ3n) is 7.28. The first-order chi connectivity index (χ1) is 17.2. The van der Waals surface area contributed by atoms with Crippen molar-refractivity contribution >= 4 is 40.5 Å². The van der Waals surface area contributed by atoms with Gasteiger partial charge in [0.15, 0.2) is 5.69 Å². The topological polar surface area (TPSA) is 61.2 Å². The Morgan fingerprint density at radius 3 is 2.58 bits per heavy atom. The van der Waals surface area contributed by atoms with Crippen LogP contribution < -0.4 is 0 Å². The lowest BCUT2D eigenvalue weighted by Gasteiger charge is -2.54. The number of fused-ring (bicyclic) bond motifs is 1. The maximum absolute atomic E-state index is 13.8. The third-order valence-corrected chi connectivity index (χ3v) is 7.83. The average Bonchev–Trinajstić information content (AvgIpc) is 3.21. The molecule has 2 fully saturated rings. The van der Waals surface area contributed by atoms with Gasteiger partial charge in [-0.2, -0.15) is 5.10 Å². The second-order valence-corrected chi connectivity index (χ2v) is 10.2. The van der Waals surface area contributed by atoms with Crippen molar-refractivity contribution in [3.8, 4) is 11.1 Å². The standard InChI is InChI=1S/C26H26Cl2FN5O2/c1-4-23(35)33-14-22(16(33)3)32-10-9-31(13-15(32)2)26(36)25-24(19-6-5-18(29)12-20(19)28)21-11-17(27)7-8-34(21)30-25/h4-8,11-12,15-16,22H,1,9-10,13-14H2,2-3H3/t15-,16+,22+/m0/s1. The van der Waals surface area contributed by atoms with Crippen LogP contribution in [-0.4, -0.2) is 80.4 Å². The molecule has 5 rings (SSSR count). The quantitative estimate of drug-likeness (QED) is 0.470. The molecular formula is C26H26Cl2FN5O2. The fourth-order valence-electron chi connectivity index (χ4n) is 5.31. The monoisotopic (exact) mass is 529 g/mol. The van der Waals surface area contributed by atoms with Crippen molar-refractivity contribution < 1.29 is 14.0 Å². The number of halogens is 3. The van der Waals surface area contributed by atoms with Gasteiger partial charge in [-0.15, -0.1) is 0 Å². The second-order valence-electron chi connectivity index (χ2n) is 9.36. The number of carbonyl (C=O) groups is 2. The normalized spacial score (nSPS) is 22.5. The molecule has 188 valence electrons. The summed E-state index contributed by atoms with van der Waals surface area (Å²) in [6, 6.07) is 7.93. The summed E-state index contributed by atoms with van der Waals surface area (Å²) in [6.07, 6.45) is 3.03. The summed E-state index contributed by atoms with van der Waals surface area (Å²) in [4.78, 5) is 31.7. The first-order valence-corrected chi connectivity index (χ1v) is 12.6. The summed E-state index contributed by atoms with van der Waals surface area (Å²) in [5.74, 6) is -0.740. The molecule has 7 nitrogen and oxygen atoms in total. The lowest BCUT2D eigenvalue weighted by molar-refractivity contribution is -0.141. The van der Waals surface area contributed by atoms with E-state index in [0.717, 1.165) is 0 Å². The van der Waals surface area contributed by atoms with Crippen molar-refractivity contribution in [2.24, 2.45) is 0 Å². The lowest BCUT2D eigenvalue weighted by Crippen LogP contribution is -2.70. The molecule has 2 saturated heterocycles. The van der Waals surface area contributed by atoms with Gasteiger partial charge in [0.05, 0.1) is 10.5 Å². The van der Waals surface area contributed by atoms with E-state index >= 15 is 0 Å². The highest BCUT2D eigenvalue weighted by atomic mass is 35.5. The van der Waals surface area contributed by atoms with Crippen molar-refractivity contribution in [3.05, 3.63) is 70.7 Å². The predicted octanol–water partition coefficient (Wildman–Crippen LogP) is 4.38. The van der Waals surface area contributed by atoms with Crippen LogP contribution in [0.3, 0.4) is 0 Å². The summed E-state index contributed by atoms with van der Waals surface area (Å²) in [7, 11) is 0. The van der Waals surface area contributed by atoms with Crippen LogP contribution in [0.2, 0.25) is 10.0 Å². The van der Waals surface area contributed by atoms with Gasteiger partial charge in [-0.1, -0.05) is 29.8 Å². The van der Waals surface area contributed by atoms with E-state index in [1.165, 1.54) is 18.2 Å². The van der Waals surface area contributed by atoms with E-state index < -0.39 is 5.82 Å². The van der Waals surface area contributed by atoms with E-state index in [2.05, 4.69) is 23.5 Å². The van der Waals surface area contributed by atoms with E-state index in [4.69, 9.17) is 23.2 Å². The number of aromatic nitrogens is 2. The predicted molar refractivity (Wildman–Crippen MR) is 138 cm³/mol. The summed E-state index contributed by atoms with van der Waals surface area (Å²) < 4.78 is 15.4. The molecule has 0 radical (unpaired) electrons. The highest BCUT2D eigenvalue weighted by Gasteiger charge is 2.44. The van der Waals surface area contributed by atoms with Crippen molar-refractivity contribution in [1.29, 1.82) is 0 Å². The first-order valence-electron chi connectivity index (χ1n) is 11.8. The van der Waals surface area contributed by atoms with Crippen LogP contribution in [-0.2, 0) is 4.79 Å². The van der Waals surface area contributed by atoms with E-state index in [1.54, 1.807) is 33.8 Å². The molecule has 0 unspecified atom stereocenters. The fraction of sp³-hybridized carbons (Fsp3) is 0.346. The minimum absolute atomic E-state index is 0.0563. The van der Waals surface area contributed by atoms with Gasteiger partial charge in [-0.05, 0) is 50.3 Å². The number of hydrogen-bond acceptors (Lipinski definition) is 4. The smallest absolute Gasteiger partial charge is 0.275 e. The zero-order chi connectivity index (χ0) is 25.7. The third kappa shape index (κ3) is 4.17. The van der Waals surface area contributed by atoms with Gasteiger partial charge < -0.3 is 9.80 Å². The van der Waals surface area contributed by atoms with Crippen molar-refractivity contribution in [2.45, 2.75) is 32.0 Å². The van der Waals surface area contributed by atoms with E-state index in [0.29, 0.717) is 47.8 Å². The van der Waals surface area contributed by atoms with Crippen molar-refractivity contribution in [1.82, 2.24) is 24.3 Å². The molecule has 36 heavy (non-hydrogen) atoms. The molecule has 10 heteroatoms. The fourth-order valence-corrected chi connectivity index (χ4v) is 5.73. The molecule has 0 spiro atoms. The number of likely N-dealkylation sites (tertiary alicyclic amines) is 1. The molecule has 2 aliphatic heterocycles. The number of piperazine rings is 1. The van der Waals surface area contributed by atoms with Gasteiger partial charge in [-0.3, -0.25) is 14.5 Å². The average molecular weight is 530 g/mol. The van der Waals surface area contributed by atoms with Gasteiger partial charge >= 0.3 is 0 Å². The van der Waals surface area contributed by atoms with Crippen LogP contribution in [0.4, 0.5) is 4.39 Å². The van der Waals surface area contributed by atoms with E-state index in [1.807, 2.05) is 11.8 Å². The van der Waals surface area contributed by atoms with E-state index in [9.17, 15) is 14.0 Å². The van der Waals surface area contributed by atoms with Gasteiger partial charge in [0.25, 0.3) is 5.91 Å². The molecule has 2 aromatic heterocycles. The first kappa shape index (κ1) is 24.7. The molecule has 1 aromatic carbocycles. The van der Waals surface area contributed by atoms with Crippen LogP contribution in [0.5, 0.6) is 0 Å². The molecule has 0 N–H and O–H groups in total. The second kappa shape index (κ2) is 9.50. The molecule has 0 aliphatic carbocycles. The highest BCUT2D eigenvalue weighted by Crippen LogP contribution is 2.36. The summed E-state index contributed by atoms with van der Waals surface area (Å²) in [5, 5.41) is 5.25. The van der Waals surface area contributed by atoms with Crippen LogP contribution in [0.25, 0.3) is 16.6 Å². The van der Waals surface area contributed by atoms with Crippen LogP contribution >= 0.6 is 23.2 Å². The zero-order valence-corrected chi connectivity index (χ0v) is 21.5. The largest absolute Gasteiger partial charge is 0.334 e. The summed E-state index contributed by atoms with van der Waals surface area (Å²) in [6.45, 7) is 10.1. The van der Waals surface area contributed by atoms with Gasteiger partial charge in [0.1, 0.15) is 5.82 Å². The number of hydrogen-bond donors (Lipinski definition) is 0. The minimum atomic E-state index is -0.463. The highest BCUT2D eigenvalue weighted by molar-refractivity contribution is 6.34. The molecule has 0 saturated carbocycles. The molecule has 3 atom stereocenters. The number of benzene rings is 1. The molecule has 3 aromatic rings. The molecular weight excluding hydrogens is 504 g/mol. The number of nitrogens with zero attached hydrogens (tertiary/aromatic N) is 5. The van der Waals surface area contributed by atoms with Crippen LogP contribution in [0.1, 0.15) is 24.3 Å². The Bertz CT molecular complexity index is 1380. The summed E-state index contributed by atoms with van der Waals surface area (Å²) in [5.41, 5.74) is 1.89. The maximum Gasteiger partial charge on any atom is 0.275 e. The lowest BCUT2D eigenvalue weighted by atomic mass is 9.93. The number of amides is 2. The SMILES string of the molecule is C=CC(=O)N1C[C@@H](N2CCN(C(=O)c3nn4ccc(Cl)cc4c3-c3ccc(F)cc3Cl)C[C@@H]2C)[C@H]1C. The number of rotatable bonds is 4. The molecule has 4 heterocycles. The molecule has 2 amide bonds. The number of pyridine rings is 1. The maximum atomic E-state index is 13.8. The van der Waals surface area contributed by atoms with Gasteiger partial charge in [-0.25, -0.2) is 8.91 Å². The zero-order valence-electron chi connectivity index (χ0n) is 20.0. The van der Waals surface area contributed by atoms with Gasteiger partial charge in [0, 0.05) is 66.7 Å². The summed E-state index contributed by atoms with van der Waals surface area (Å²) >= 11 is 12.7. The Morgan fingerprint density at radius 2 is 1.92 bits per heavy atom. The van der Waals surface area contributed by atoms with Crippen LogP contribution in [0, 0.1) is 5.82 Å². The van der Waals surface area contributed by atoms with Gasteiger partial charge in [0.2, 0.25) is 5.91 Å². The minimum Gasteiger partial charge on any atom is -0.334 e. The Balaban J connectivity index is 1.42. The molecule has 2 aliphatic rings. The van der Waals surface area contributed by atoms with Crippen molar-refractivity contribution in [3.63, 3.8) is 0 Å². The number of carbonyl (C=O) groups excluding carboxylic acids is 2. The Labute approximate surface area is 218 Å².